The SMILES string of the molecule is CNC(=O)c1cn(C2CCCCC2)cc(C(=O)N[C@H](Cc2ccccc2)c2ccccc2)c1=O. The van der Waals surface area contributed by atoms with Crippen molar-refractivity contribution in [3.8, 4) is 0 Å². The number of hydrogen-bond donors (Lipinski definition) is 2. The zero-order valence-electron chi connectivity index (χ0n) is 19.5. The molecule has 6 heteroatoms. The van der Waals surface area contributed by atoms with Crippen molar-refractivity contribution in [3.63, 3.8) is 0 Å². The number of nitrogens with one attached hydrogen (secondary N) is 2. The van der Waals surface area contributed by atoms with E-state index < -0.39 is 17.2 Å². The van der Waals surface area contributed by atoms with Crippen LogP contribution in [0.3, 0.4) is 0 Å². The Labute approximate surface area is 200 Å². The van der Waals surface area contributed by atoms with Crippen LogP contribution >= 0.6 is 0 Å². The zero-order valence-corrected chi connectivity index (χ0v) is 19.5. The third-order valence-electron chi connectivity index (χ3n) is 6.55. The molecule has 1 fully saturated rings. The minimum absolute atomic E-state index is 0.0000407. The largest absolute Gasteiger partial charge is 0.355 e. The second-order valence-electron chi connectivity index (χ2n) is 8.86. The number of pyridine rings is 1. The molecule has 0 bridgehead atoms. The fourth-order valence-electron chi connectivity index (χ4n) is 4.67. The molecular weight excluding hydrogens is 426 g/mol. The number of carbonyl (C=O) groups is 2. The topological polar surface area (TPSA) is 80.2 Å². The van der Waals surface area contributed by atoms with Gasteiger partial charge in [-0.05, 0) is 30.4 Å². The van der Waals surface area contributed by atoms with Gasteiger partial charge in [0.2, 0.25) is 5.43 Å². The van der Waals surface area contributed by atoms with E-state index in [0.717, 1.165) is 36.8 Å². The standard InChI is InChI=1S/C28H31N3O3/c1-29-27(33)23-18-31(22-15-9-4-10-16-22)19-24(26(23)32)28(34)30-25(21-13-7-3-8-14-21)17-20-11-5-2-6-12-20/h2-3,5-8,11-14,18-19,22,25H,4,9-10,15-17H2,1H3,(H,29,33)(H,30,34)/t25-/m1/s1. The van der Waals surface area contributed by atoms with E-state index in [1.54, 1.807) is 12.4 Å². The van der Waals surface area contributed by atoms with E-state index in [2.05, 4.69) is 10.6 Å². The summed E-state index contributed by atoms with van der Waals surface area (Å²) in [5.41, 5.74) is 1.49. The summed E-state index contributed by atoms with van der Waals surface area (Å²) in [6, 6.07) is 19.5. The highest BCUT2D eigenvalue weighted by Crippen LogP contribution is 2.28. The molecule has 176 valence electrons. The molecule has 0 radical (unpaired) electrons. The average molecular weight is 458 g/mol. The van der Waals surface area contributed by atoms with Crippen molar-refractivity contribution in [3.05, 3.63) is 106 Å². The average Bonchev–Trinajstić information content (AvgIpc) is 2.89. The third kappa shape index (κ3) is 5.45. The van der Waals surface area contributed by atoms with Gasteiger partial charge in [-0.3, -0.25) is 14.4 Å². The van der Waals surface area contributed by atoms with Gasteiger partial charge in [0.1, 0.15) is 11.1 Å². The summed E-state index contributed by atoms with van der Waals surface area (Å²) in [7, 11) is 1.49. The molecule has 1 aromatic heterocycles. The van der Waals surface area contributed by atoms with E-state index in [0.29, 0.717) is 6.42 Å². The third-order valence-corrected chi connectivity index (χ3v) is 6.55. The van der Waals surface area contributed by atoms with Crippen molar-refractivity contribution in [2.75, 3.05) is 7.05 Å². The Morgan fingerprint density at radius 1 is 0.882 bits per heavy atom. The summed E-state index contributed by atoms with van der Waals surface area (Å²) in [6.45, 7) is 0. The van der Waals surface area contributed by atoms with Crippen LogP contribution in [-0.4, -0.2) is 23.4 Å². The van der Waals surface area contributed by atoms with Gasteiger partial charge in [-0.15, -0.1) is 0 Å². The molecule has 1 saturated carbocycles. The molecule has 1 atom stereocenters. The van der Waals surface area contributed by atoms with Gasteiger partial charge in [-0.2, -0.15) is 0 Å². The molecule has 0 unspecified atom stereocenters. The summed E-state index contributed by atoms with van der Waals surface area (Å²) in [4.78, 5) is 39.1. The molecule has 2 aromatic carbocycles. The van der Waals surface area contributed by atoms with Gasteiger partial charge in [0, 0.05) is 25.5 Å². The molecule has 34 heavy (non-hydrogen) atoms. The highest BCUT2D eigenvalue weighted by Gasteiger charge is 2.24. The first kappa shape index (κ1) is 23.5. The van der Waals surface area contributed by atoms with Gasteiger partial charge in [-0.1, -0.05) is 79.9 Å². The molecular formula is C28H31N3O3. The number of carbonyl (C=O) groups excluding carboxylic acids is 2. The van der Waals surface area contributed by atoms with Crippen molar-refractivity contribution in [2.24, 2.45) is 0 Å². The van der Waals surface area contributed by atoms with Crippen LogP contribution in [0.15, 0.2) is 77.9 Å². The summed E-state index contributed by atoms with van der Waals surface area (Å²) >= 11 is 0. The highest BCUT2D eigenvalue weighted by molar-refractivity contribution is 5.99. The fourth-order valence-corrected chi connectivity index (χ4v) is 4.67. The van der Waals surface area contributed by atoms with Crippen LogP contribution in [0.2, 0.25) is 0 Å². The Kier molecular flexibility index (Phi) is 7.58. The van der Waals surface area contributed by atoms with Crippen LogP contribution < -0.4 is 16.1 Å². The normalized spacial score (nSPS) is 14.9. The molecule has 1 aliphatic rings. The number of benzene rings is 2. The molecule has 0 spiro atoms. The summed E-state index contributed by atoms with van der Waals surface area (Å²) in [5.74, 6) is -0.946. The molecule has 2 amide bonds. The number of hydrogen-bond acceptors (Lipinski definition) is 3. The second kappa shape index (κ2) is 11.0. The van der Waals surface area contributed by atoms with Crippen molar-refractivity contribution >= 4 is 11.8 Å². The maximum Gasteiger partial charge on any atom is 0.257 e. The molecule has 4 rings (SSSR count). The lowest BCUT2D eigenvalue weighted by Gasteiger charge is -2.26. The Morgan fingerprint density at radius 2 is 1.47 bits per heavy atom. The Balaban J connectivity index is 1.69. The number of aromatic nitrogens is 1. The fraction of sp³-hybridized carbons (Fsp3) is 0.321. The molecule has 1 aliphatic carbocycles. The molecule has 0 aliphatic heterocycles. The first-order chi connectivity index (χ1) is 16.6. The van der Waals surface area contributed by atoms with Gasteiger partial charge in [0.25, 0.3) is 11.8 Å². The lowest BCUT2D eigenvalue weighted by Crippen LogP contribution is -2.37. The van der Waals surface area contributed by atoms with Gasteiger partial charge in [-0.25, -0.2) is 0 Å². The Bertz CT molecular complexity index is 1180. The minimum Gasteiger partial charge on any atom is -0.355 e. The van der Waals surface area contributed by atoms with Crippen molar-refractivity contribution < 1.29 is 9.59 Å². The first-order valence-corrected chi connectivity index (χ1v) is 11.9. The van der Waals surface area contributed by atoms with E-state index in [4.69, 9.17) is 0 Å². The number of amides is 2. The smallest absolute Gasteiger partial charge is 0.257 e. The van der Waals surface area contributed by atoms with Crippen LogP contribution in [-0.2, 0) is 6.42 Å². The monoisotopic (exact) mass is 457 g/mol. The molecule has 6 nitrogen and oxygen atoms in total. The van der Waals surface area contributed by atoms with E-state index in [9.17, 15) is 14.4 Å². The molecule has 1 heterocycles. The van der Waals surface area contributed by atoms with Gasteiger partial charge in [0.15, 0.2) is 0 Å². The maximum absolute atomic E-state index is 13.5. The predicted molar refractivity (Wildman–Crippen MR) is 133 cm³/mol. The van der Waals surface area contributed by atoms with Crippen molar-refractivity contribution in [1.82, 2.24) is 15.2 Å². The molecule has 2 N–H and O–H groups in total. The van der Waals surface area contributed by atoms with Crippen LogP contribution in [0.1, 0.15) is 76.0 Å². The minimum atomic E-state index is -0.546. The second-order valence-corrected chi connectivity index (χ2v) is 8.86. The van der Waals surface area contributed by atoms with Crippen molar-refractivity contribution in [1.29, 1.82) is 0 Å². The van der Waals surface area contributed by atoms with Gasteiger partial charge >= 0.3 is 0 Å². The van der Waals surface area contributed by atoms with E-state index in [1.165, 1.54) is 13.5 Å². The Hall–Kier alpha value is -3.67. The number of nitrogens with zero attached hydrogens (tertiary/aromatic N) is 1. The molecule has 3 aromatic rings. The van der Waals surface area contributed by atoms with Crippen LogP contribution in [0, 0.1) is 0 Å². The lowest BCUT2D eigenvalue weighted by atomic mass is 9.94. The lowest BCUT2D eigenvalue weighted by molar-refractivity contribution is 0.0934. The van der Waals surface area contributed by atoms with Crippen molar-refractivity contribution in [2.45, 2.75) is 50.6 Å². The van der Waals surface area contributed by atoms with Gasteiger partial charge in [0.05, 0.1) is 6.04 Å². The summed E-state index contributed by atoms with van der Waals surface area (Å²) < 4.78 is 1.90. The van der Waals surface area contributed by atoms with Crippen LogP contribution in [0.25, 0.3) is 0 Å². The van der Waals surface area contributed by atoms with Crippen LogP contribution in [0.4, 0.5) is 0 Å². The zero-order chi connectivity index (χ0) is 23.9. The number of rotatable bonds is 7. The molecule has 0 saturated heterocycles. The predicted octanol–water partition coefficient (Wildman–Crippen LogP) is 4.43. The highest BCUT2D eigenvalue weighted by atomic mass is 16.2. The first-order valence-electron chi connectivity index (χ1n) is 11.9. The van der Waals surface area contributed by atoms with Crippen LogP contribution in [0.5, 0.6) is 0 Å². The van der Waals surface area contributed by atoms with E-state index in [1.807, 2.05) is 65.2 Å². The summed E-state index contributed by atoms with van der Waals surface area (Å²) in [5, 5.41) is 5.60. The summed E-state index contributed by atoms with van der Waals surface area (Å²) in [6.07, 6.45) is 9.14. The Morgan fingerprint density at radius 3 is 2.09 bits per heavy atom. The maximum atomic E-state index is 13.5. The van der Waals surface area contributed by atoms with Gasteiger partial charge < -0.3 is 15.2 Å². The van der Waals surface area contributed by atoms with E-state index >= 15 is 0 Å². The quantitative estimate of drug-likeness (QED) is 0.551. The van der Waals surface area contributed by atoms with E-state index in [-0.39, 0.29) is 23.2 Å².